The maximum absolute atomic E-state index is 13.1. The third-order valence-corrected chi connectivity index (χ3v) is 5.77. The summed E-state index contributed by atoms with van der Waals surface area (Å²) in [5, 5.41) is 5.86. The van der Waals surface area contributed by atoms with Gasteiger partial charge >= 0.3 is 0 Å². The Morgan fingerprint density at radius 1 is 1.22 bits per heavy atom. The SMILES string of the molecule is CN(Cc1cccc2c1C(=O)N(C1CCC(=O)NC1=O)C2)CC1CCCN1. The average molecular weight is 370 g/mol. The number of benzene rings is 1. The van der Waals surface area contributed by atoms with Gasteiger partial charge in [0.1, 0.15) is 6.04 Å². The van der Waals surface area contributed by atoms with E-state index in [4.69, 9.17) is 0 Å². The van der Waals surface area contributed by atoms with Crippen molar-refractivity contribution in [1.29, 1.82) is 0 Å². The summed E-state index contributed by atoms with van der Waals surface area (Å²) in [4.78, 5) is 40.6. The van der Waals surface area contributed by atoms with Crippen molar-refractivity contribution in [3.05, 3.63) is 34.9 Å². The van der Waals surface area contributed by atoms with Gasteiger partial charge in [0.2, 0.25) is 11.8 Å². The summed E-state index contributed by atoms with van der Waals surface area (Å²) >= 11 is 0. The number of fused-ring (bicyclic) bond motifs is 1. The molecule has 0 bridgehead atoms. The molecule has 1 aromatic rings. The summed E-state index contributed by atoms with van der Waals surface area (Å²) in [5.41, 5.74) is 2.70. The van der Waals surface area contributed by atoms with Crippen molar-refractivity contribution in [2.45, 2.75) is 50.9 Å². The first-order valence-electron chi connectivity index (χ1n) is 9.70. The lowest BCUT2D eigenvalue weighted by Gasteiger charge is -2.29. The van der Waals surface area contributed by atoms with E-state index in [1.807, 2.05) is 18.2 Å². The molecule has 1 aromatic carbocycles. The first kappa shape index (κ1) is 18.1. The Bertz CT molecular complexity index is 772. The molecule has 7 nitrogen and oxygen atoms in total. The number of hydrogen-bond acceptors (Lipinski definition) is 5. The minimum Gasteiger partial charge on any atom is -0.322 e. The number of rotatable bonds is 5. The second-order valence-corrected chi connectivity index (χ2v) is 7.84. The summed E-state index contributed by atoms with van der Waals surface area (Å²) in [6.07, 6.45) is 3.09. The van der Waals surface area contributed by atoms with Crippen LogP contribution in [0.25, 0.3) is 0 Å². The zero-order valence-electron chi connectivity index (χ0n) is 15.7. The highest BCUT2D eigenvalue weighted by Crippen LogP contribution is 2.30. The monoisotopic (exact) mass is 370 g/mol. The molecule has 27 heavy (non-hydrogen) atoms. The fourth-order valence-electron chi connectivity index (χ4n) is 4.47. The van der Waals surface area contributed by atoms with Crippen molar-refractivity contribution in [2.24, 2.45) is 0 Å². The molecule has 0 spiro atoms. The van der Waals surface area contributed by atoms with Crippen LogP contribution in [0.4, 0.5) is 0 Å². The minimum atomic E-state index is -0.559. The molecule has 144 valence electrons. The number of carbonyl (C=O) groups is 3. The van der Waals surface area contributed by atoms with Gasteiger partial charge in [0.25, 0.3) is 5.91 Å². The summed E-state index contributed by atoms with van der Waals surface area (Å²) in [6, 6.07) is 5.90. The summed E-state index contributed by atoms with van der Waals surface area (Å²) in [6.45, 7) is 3.17. The molecule has 2 fully saturated rings. The van der Waals surface area contributed by atoms with Crippen LogP contribution >= 0.6 is 0 Å². The predicted octanol–water partition coefficient (Wildman–Crippen LogP) is 0.631. The number of nitrogens with one attached hydrogen (secondary N) is 2. The van der Waals surface area contributed by atoms with Gasteiger partial charge in [-0.15, -0.1) is 0 Å². The first-order chi connectivity index (χ1) is 13.0. The fraction of sp³-hybridized carbons (Fsp3) is 0.550. The largest absolute Gasteiger partial charge is 0.322 e. The van der Waals surface area contributed by atoms with Gasteiger partial charge in [-0.05, 0) is 44.0 Å². The highest BCUT2D eigenvalue weighted by Gasteiger charge is 2.40. The van der Waals surface area contributed by atoms with E-state index in [1.54, 1.807) is 4.90 Å². The number of nitrogens with zero attached hydrogens (tertiary/aromatic N) is 2. The molecule has 0 aliphatic carbocycles. The van der Waals surface area contributed by atoms with Gasteiger partial charge in [-0.25, -0.2) is 0 Å². The zero-order valence-corrected chi connectivity index (χ0v) is 15.7. The van der Waals surface area contributed by atoms with Crippen molar-refractivity contribution in [1.82, 2.24) is 20.4 Å². The number of imide groups is 1. The topological polar surface area (TPSA) is 81.8 Å². The molecule has 3 aliphatic rings. The van der Waals surface area contributed by atoms with Crippen LogP contribution in [0, 0.1) is 0 Å². The Kier molecular flexibility index (Phi) is 4.97. The molecule has 4 rings (SSSR count). The van der Waals surface area contributed by atoms with E-state index in [-0.39, 0.29) is 24.1 Å². The number of carbonyl (C=O) groups excluding carboxylic acids is 3. The van der Waals surface area contributed by atoms with Crippen molar-refractivity contribution >= 4 is 17.7 Å². The molecule has 3 heterocycles. The maximum Gasteiger partial charge on any atom is 0.255 e. The van der Waals surface area contributed by atoms with E-state index in [0.29, 0.717) is 25.6 Å². The summed E-state index contributed by atoms with van der Waals surface area (Å²) < 4.78 is 0. The molecule has 2 N–H and O–H groups in total. The third-order valence-electron chi connectivity index (χ3n) is 5.77. The predicted molar refractivity (Wildman–Crippen MR) is 99.8 cm³/mol. The van der Waals surface area contributed by atoms with E-state index in [1.165, 1.54) is 12.8 Å². The second kappa shape index (κ2) is 7.40. The van der Waals surface area contributed by atoms with Gasteiger partial charge in [0, 0.05) is 37.7 Å². The molecule has 2 atom stereocenters. The minimum absolute atomic E-state index is 0.0949. The van der Waals surface area contributed by atoms with E-state index < -0.39 is 6.04 Å². The van der Waals surface area contributed by atoms with Gasteiger partial charge < -0.3 is 15.1 Å². The van der Waals surface area contributed by atoms with Crippen molar-refractivity contribution in [2.75, 3.05) is 20.1 Å². The molecule has 7 heteroatoms. The van der Waals surface area contributed by atoms with Crippen molar-refractivity contribution in [3.8, 4) is 0 Å². The lowest BCUT2D eigenvalue weighted by atomic mass is 10.0. The van der Waals surface area contributed by atoms with E-state index in [2.05, 4.69) is 22.6 Å². The Morgan fingerprint density at radius 3 is 2.81 bits per heavy atom. The number of hydrogen-bond donors (Lipinski definition) is 2. The highest BCUT2D eigenvalue weighted by atomic mass is 16.2. The molecule has 0 aromatic heterocycles. The lowest BCUT2D eigenvalue weighted by Crippen LogP contribution is -2.52. The third kappa shape index (κ3) is 3.61. The molecule has 0 saturated carbocycles. The molecule has 3 amide bonds. The zero-order chi connectivity index (χ0) is 19.0. The van der Waals surface area contributed by atoms with Gasteiger partial charge in [-0.3, -0.25) is 19.7 Å². The van der Waals surface area contributed by atoms with Crippen LogP contribution in [0.1, 0.15) is 47.2 Å². The molecule has 0 radical (unpaired) electrons. The van der Waals surface area contributed by atoms with Crippen LogP contribution in [-0.4, -0.2) is 59.7 Å². The number of piperidine rings is 1. The van der Waals surface area contributed by atoms with Crippen LogP contribution in [0.15, 0.2) is 18.2 Å². The van der Waals surface area contributed by atoms with Crippen LogP contribution in [0.5, 0.6) is 0 Å². The van der Waals surface area contributed by atoms with E-state index >= 15 is 0 Å². The second-order valence-electron chi connectivity index (χ2n) is 7.84. The maximum atomic E-state index is 13.1. The van der Waals surface area contributed by atoms with E-state index in [0.717, 1.165) is 29.8 Å². The van der Waals surface area contributed by atoms with Gasteiger partial charge in [0.15, 0.2) is 0 Å². The molecule has 2 unspecified atom stereocenters. The fourth-order valence-corrected chi connectivity index (χ4v) is 4.47. The molecule has 2 saturated heterocycles. The normalized spacial score (nSPS) is 25.3. The molecular weight excluding hydrogens is 344 g/mol. The Hall–Kier alpha value is -2.25. The quantitative estimate of drug-likeness (QED) is 0.743. The first-order valence-corrected chi connectivity index (χ1v) is 9.70. The van der Waals surface area contributed by atoms with Crippen molar-refractivity contribution in [3.63, 3.8) is 0 Å². The van der Waals surface area contributed by atoms with E-state index in [9.17, 15) is 14.4 Å². The Labute approximate surface area is 159 Å². The average Bonchev–Trinajstić information content (AvgIpc) is 3.24. The number of amides is 3. The lowest BCUT2D eigenvalue weighted by molar-refractivity contribution is -0.136. The van der Waals surface area contributed by atoms with Crippen LogP contribution in [-0.2, 0) is 22.7 Å². The number of likely N-dealkylation sites (N-methyl/N-ethyl adjacent to an activating group) is 1. The Balaban J connectivity index is 1.49. The van der Waals surface area contributed by atoms with Crippen molar-refractivity contribution < 1.29 is 14.4 Å². The van der Waals surface area contributed by atoms with Crippen LogP contribution in [0.3, 0.4) is 0 Å². The molecule has 3 aliphatic heterocycles. The summed E-state index contributed by atoms with van der Waals surface area (Å²) in [5.74, 6) is -0.718. The van der Waals surface area contributed by atoms with Gasteiger partial charge in [-0.1, -0.05) is 18.2 Å². The van der Waals surface area contributed by atoms with Gasteiger partial charge in [-0.2, -0.15) is 0 Å². The molecular formula is C20H26N4O3. The highest BCUT2D eigenvalue weighted by molar-refractivity contribution is 6.05. The smallest absolute Gasteiger partial charge is 0.255 e. The standard InChI is InChI=1S/C20H26N4O3/c1-23(12-15-6-3-9-21-15)10-13-4-2-5-14-11-24(20(27)18(13)14)16-7-8-17(25)22-19(16)26/h2,4-5,15-16,21H,3,6-12H2,1H3,(H,22,25,26). The van der Waals surface area contributed by atoms with Crippen LogP contribution in [0.2, 0.25) is 0 Å². The van der Waals surface area contributed by atoms with Crippen LogP contribution < -0.4 is 10.6 Å². The summed E-state index contributed by atoms with van der Waals surface area (Å²) in [7, 11) is 2.08. The van der Waals surface area contributed by atoms with Gasteiger partial charge in [0.05, 0.1) is 0 Å². The Morgan fingerprint density at radius 2 is 2.07 bits per heavy atom.